The number of anilines is 1. The molecule has 1 aliphatic heterocycles. The van der Waals surface area contributed by atoms with Gasteiger partial charge in [0.2, 0.25) is 5.91 Å². The average molecular weight is 692 g/mol. The smallest absolute Gasteiger partial charge is 0.339 e. The van der Waals surface area contributed by atoms with E-state index in [-0.39, 0.29) is 34.4 Å². The van der Waals surface area contributed by atoms with Gasteiger partial charge in [0.15, 0.2) is 0 Å². The van der Waals surface area contributed by atoms with Crippen molar-refractivity contribution in [1.82, 2.24) is 4.90 Å². The molecule has 3 aromatic rings. The Bertz CT molecular complexity index is 1560. The van der Waals surface area contributed by atoms with E-state index in [0.717, 1.165) is 33.1 Å². The summed E-state index contributed by atoms with van der Waals surface area (Å²) in [5.74, 6) is -1.37. The lowest BCUT2D eigenvalue weighted by molar-refractivity contribution is -0.127. The lowest BCUT2D eigenvalue weighted by Gasteiger charge is -2.13. The van der Waals surface area contributed by atoms with Crippen LogP contribution in [0.25, 0.3) is 6.08 Å². The summed E-state index contributed by atoms with van der Waals surface area (Å²) >= 11 is 16.5. The Morgan fingerprint density at radius 1 is 1.05 bits per heavy atom. The Morgan fingerprint density at radius 2 is 1.83 bits per heavy atom. The number of halogens is 3. The van der Waals surface area contributed by atoms with Gasteiger partial charge in [0.25, 0.3) is 11.1 Å². The van der Waals surface area contributed by atoms with Gasteiger partial charge in [-0.15, -0.1) is 0 Å². The highest BCUT2D eigenvalue weighted by Crippen LogP contribution is 2.35. The first kappa shape index (κ1) is 31.6. The van der Waals surface area contributed by atoms with Gasteiger partial charge in [-0.1, -0.05) is 70.7 Å². The molecule has 1 fully saturated rings. The zero-order chi connectivity index (χ0) is 30.2. The van der Waals surface area contributed by atoms with Crippen molar-refractivity contribution < 1.29 is 28.7 Å². The summed E-state index contributed by atoms with van der Waals surface area (Å²) in [6.45, 7) is 1.91. The van der Waals surface area contributed by atoms with Gasteiger partial charge in [-0.05, 0) is 66.7 Å². The first-order chi connectivity index (χ1) is 20.2. The van der Waals surface area contributed by atoms with Crippen LogP contribution in [0.2, 0.25) is 10.0 Å². The maximum Gasteiger partial charge on any atom is 0.339 e. The van der Waals surface area contributed by atoms with Crippen molar-refractivity contribution in [3.8, 4) is 5.75 Å². The van der Waals surface area contributed by atoms with Crippen LogP contribution >= 0.6 is 50.9 Å². The molecule has 4 rings (SSSR count). The second kappa shape index (κ2) is 14.7. The number of hydrogen-bond acceptors (Lipinski definition) is 7. The van der Waals surface area contributed by atoms with E-state index in [9.17, 15) is 19.2 Å². The molecule has 0 bridgehead atoms. The largest absolute Gasteiger partial charge is 0.488 e. The predicted octanol–water partition coefficient (Wildman–Crippen LogP) is 7.97. The van der Waals surface area contributed by atoms with Crippen LogP contribution in [0.4, 0.5) is 10.5 Å². The van der Waals surface area contributed by atoms with E-state index in [1.165, 1.54) is 18.2 Å². The van der Waals surface area contributed by atoms with Crippen LogP contribution in [0.3, 0.4) is 0 Å². The van der Waals surface area contributed by atoms with Crippen molar-refractivity contribution in [2.45, 2.75) is 26.4 Å². The SMILES string of the molecule is CCCCOC(=O)c1cc(NC(=O)CN2C(=O)S/C(=C/c3cc(Br)ccc3OCc3ccccc3Cl)C2=O)ccc1Cl. The summed E-state index contributed by atoms with van der Waals surface area (Å²) in [6, 6.07) is 16.9. The molecule has 42 heavy (non-hydrogen) atoms. The highest BCUT2D eigenvalue weighted by molar-refractivity contribution is 9.10. The fourth-order valence-electron chi connectivity index (χ4n) is 3.80. The van der Waals surface area contributed by atoms with Gasteiger partial charge >= 0.3 is 5.97 Å². The highest BCUT2D eigenvalue weighted by Gasteiger charge is 2.36. The Kier molecular flexibility index (Phi) is 11.1. The minimum absolute atomic E-state index is 0.0984. The van der Waals surface area contributed by atoms with Gasteiger partial charge in [0.1, 0.15) is 18.9 Å². The van der Waals surface area contributed by atoms with Crippen LogP contribution in [0.15, 0.2) is 70.0 Å². The van der Waals surface area contributed by atoms with E-state index < -0.39 is 29.6 Å². The third-order valence-corrected chi connectivity index (χ3v) is 8.07. The standard InChI is InChI=1S/C30H25BrCl2N2O6S/c1-2-3-12-40-29(38)22-15-21(9-10-24(22)33)34-27(36)16-35-28(37)26(42-30(35)39)14-19-13-20(31)8-11-25(19)41-17-18-6-4-5-7-23(18)32/h4-11,13-15H,2-3,12,16-17H2,1H3,(H,34,36)/b26-14+. The van der Waals surface area contributed by atoms with Crippen molar-refractivity contribution in [1.29, 1.82) is 0 Å². The van der Waals surface area contributed by atoms with E-state index >= 15 is 0 Å². The zero-order valence-electron chi connectivity index (χ0n) is 22.3. The number of unbranched alkanes of at least 4 members (excludes halogenated alkanes) is 1. The lowest BCUT2D eigenvalue weighted by atomic mass is 10.1. The van der Waals surface area contributed by atoms with E-state index in [0.29, 0.717) is 22.8 Å². The van der Waals surface area contributed by atoms with Gasteiger partial charge in [-0.3, -0.25) is 19.3 Å². The van der Waals surface area contributed by atoms with Crippen molar-refractivity contribution in [2.24, 2.45) is 0 Å². The molecular weight excluding hydrogens is 667 g/mol. The van der Waals surface area contributed by atoms with Crippen LogP contribution < -0.4 is 10.1 Å². The summed E-state index contributed by atoms with van der Waals surface area (Å²) in [7, 11) is 0. The minimum atomic E-state index is -0.627. The molecule has 3 aromatic carbocycles. The number of esters is 1. The van der Waals surface area contributed by atoms with Crippen molar-refractivity contribution >= 4 is 85.7 Å². The van der Waals surface area contributed by atoms with Crippen molar-refractivity contribution in [2.75, 3.05) is 18.5 Å². The number of hydrogen-bond donors (Lipinski definition) is 1. The Hall–Kier alpha value is -3.31. The third-order valence-electron chi connectivity index (χ3n) is 5.98. The van der Waals surface area contributed by atoms with Gasteiger partial charge in [0.05, 0.1) is 22.1 Å². The molecule has 3 amide bonds. The van der Waals surface area contributed by atoms with Crippen LogP contribution in [0.1, 0.15) is 41.3 Å². The average Bonchev–Trinajstić information content (AvgIpc) is 3.21. The molecule has 0 aromatic heterocycles. The topological polar surface area (TPSA) is 102 Å². The fraction of sp³-hybridized carbons (Fsp3) is 0.200. The summed E-state index contributed by atoms with van der Waals surface area (Å²) in [5, 5.41) is 2.75. The normalized spacial score (nSPS) is 13.9. The number of carbonyl (C=O) groups is 4. The maximum absolute atomic E-state index is 13.1. The number of thioether (sulfide) groups is 1. The van der Waals surface area contributed by atoms with E-state index in [1.807, 2.05) is 25.1 Å². The molecule has 0 radical (unpaired) electrons. The van der Waals surface area contributed by atoms with E-state index in [2.05, 4.69) is 21.2 Å². The number of carbonyl (C=O) groups excluding carboxylic acids is 4. The van der Waals surface area contributed by atoms with Gasteiger partial charge < -0.3 is 14.8 Å². The molecule has 12 heteroatoms. The molecule has 0 unspecified atom stereocenters. The molecular formula is C30H25BrCl2N2O6S. The molecule has 1 N–H and O–H groups in total. The first-order valence-electron chi connectivity index (χ1n) is 12.8. The Balaban J connectivity index is 1.44. The second-order valence-corrected chi connectivity index (χ2v) is 11.8. The molecule has 8 nitrogen and oxygen atoms in total. The Labute approximate surface area is 265 Å². The number of nitrogens with one attached hydrogen (secondary N) is 1. The van der Waals surface area contributed by atoms with E-state index in [1.54, 1.807) is 30.3 Å². The number of rotatable bonds is 11. The molecule has 218 valence electrons. The number of imide groups is 1. The summed E-state index contributed by atoms with van der Waals surface area (Å²) in [4.78, 5) is 52.0. The number of nitrogens with zero attached hydrogens (tertiary/aromatic N) is 1. The molecule has 0 spiro atoms. The van der Waals surface area contributed by atoms with Gasteiger partial charge in [0, 0.05) is 26.3 Å². The first-order valence-corrected chi connectivity index (χ1v) is 15.2. The monoisotopic (exact) mass is 690 g/mol. The van der Waals surface area contributed by atoms with Gasteiger partial charge in [-0.25, -0.2) is 4.79 Å². The van der Waals surface area contributed by atoms with Gasteiger partial charge in [-0.2, -0.15) is 0 Å². The Morgan fingerprint density at radius 3 is 2.60 bits per heavy atom. The maximum atomic E-state index is 13.1. The van der Waals surface area contributed by atoms with Crippen LogP contribution in [-0.4, -0.2) is 41.1 Å². The van der Waals surface area contributed by atoms with E-state index in [4.69, 9.17) is 32.7 Å². The summed E-state index contributed by atoms with van der Waals surface area (Å²) in [6.07, 6.45) is 3.12. The number of amides is 3. The molecule has 1 aliphatic rings. The van der Waals surface area contributed by atoms with Crippen molar-refractivity contribution in [3.63, 3.8) is 0 Å². The molecule has 0 aliphatic carbocycles. The third kappa shape index (κ3) is 8.16. The second-order valence-electron chi connectivity index (χ2n) is 9.06. The summed E-state index contributed by atoms with van der Waals surface area (Å²) in [5.41, 5.74) is 1.72. The number of benzene rings is 3. The van der Waals surface area contributed by atoms with Crippen LogP contribution in [0.5, 0.6) is 5.75 Å². The molecule has 0 atom stereocenters. The lowest BCUT2D eigenvalue weighted by Crippen LogP contribution is -2.36. The van der Waals surface area contributed by atoms with Crippen LogP contribution in [0, 0.1) is 0 Å². The van der Waals surface area contributed by atoms with Crippen molar-refractivity contribution in [3.05, 3.63) is 96.8 Å². The summed E-state index contributed by atoms with van der Waals surface area (Å²) < 4.78 is 11.9. The number of ether oxygens (including phenoxy) is 2. The zero-order valence-corrected chi connectivity index (χ0v) is 26.2. The minimum Gasteiger partial charge on any atom is -0.488 e. The highest BCUT2D eigenvalue weighted by atomic mass is 79.9. The predicted molar refractivity (Wildman–Crippen MR) is 168 cm³/mol. The molecule has 1 saturated heterocycles. The quantitative estimate of drug-likeness (QED) is 0.124. The molecule has 0 saturated carbocycles. The van der Waals surface area contributed by atoms with Crippen LogP contribution in [-0.2, 0) is 20.9 Å². The molecule has 1 heterocycles. The fourth-order valence-corrected chi connectivity index (χ4v) is 5.40.